The second-order valence-corrected chi connectivity index (χ2v) is 6.10. The minimum Gasteiger partial charge on any atom is -0.465 e. The van der Waals surface area contributed by atoms with E-state index in [1.165, 1.54) is 32.4 Å². The molecule has 3 unspecified atom stereocenters. The molecule has 0 amide bonds. The van der Waals surface area contributed by atoms with Crippen LogP contribution in [-0.2, 0) is 14.3 Å². The highest BCUT2D eigenvalue weighted by Gasteiger charge is 2.41. The summed E-state index contributed by atoms with van der Waals surface area (Å²) in [4.78, 5) is 23.2. The first kappa shape index (κ1) is 14.8. The summed E-state index contributed by atoms with van der Waals surface area (Å²) in [5.41, 5.74) is 1.33. The Morgan fingerprint density at radius 3 is 2.50 bits per heavy atom. The molecule has 116 valence electrons. The van der Waals surface area contributed by atoms with E-state index in [4.69, 9.17) is 4.74 Å². The van der Waals surface area contributed by atoms with Crippen LogP contribution in [0.2, 0.25) is 0 Å². The first-order chi connectivity index (χ1) is 10.7. The molecule has 0 heterocycles. The fraction of sp³-hybridized carbons (Fsp3) is 0.444. The van der Waals surface area contributed by atoms with Crippen molar-refractivity contribution in [3.05, 3.63) is 41.5 Å². The summed E-state index contributed by atoms with van der Waals surface area (Å²) in [6.45, 7) is 0. The van der Waals surface area contributed by atoms with Crippen molar-refractivity contribution in [1.29, 1.82) is 0 Å². The van der Waals surface area contributed by atoms with E-state index < -0.39 is 0 Å². The molecule has 0 radical (unpaired) electrons. The first-order valence-electron chi connectivity index (χ1n) is 7.73. The average molecular weight is 300 g/mol. The highest BCUT2D eigenvalue weighted by atomic mass is 16.5. The Labute approximate surface area is 130 Å². The van der Waals surface area contributed by atoms with Crippen molar-refractivity contribution in [3.63, 3.8) is 0 Å². The van der Waals surface area contributed by atoms with Gasteiger partial charge in [-0.25, -0.2) is 9.59 Å². The van der Waals surface area contributed by atoms with Gasteiger partial charge >= 0.3 is 11.9 Å². The van der Waals surface area contributed by atoms with Gasteiger partial charge in [0.15, 0.2) is 0 Å². The van der Waals surface area contributed by atoms with Crippen molar-refractivity contribution in [2.45, 2.75) is 31.8 Å². The highest BCUT2D eigenvalue weighted by Crippen LogP contribution is 2.45. The molecule has 0 N–H and O–H groups in total. The van der Waals surface area contributed by atoms with E-state index in [1.807, 2.05) is 0 Å². The Kier molecular flexibility index (Phi) is 4.27. The predicted molar refractivity (Wildman–Crippen MR) is 82.1 cm³/mol. The van der Waals surface area contributed by atoms with Gasteiger partial charge in [-0.3, -0.25) is 0 Å². The molecular weight excluding hydrogens is 280 g/mol. The Morgan fingerprint density at radius 1 is 1.14 bits per heavy atom. The number of carbonyl (C=O) groups excluding carboxylic acids is 2. The van der Waals surface area contributed by atoms with Crippen molar-refractivity contribution in [2.24, 2.45) is 11.8 Å². The SMILES string of the molecule is COC(=O)c1ccc(/C=C/C(=O)OC2CC3CCC2C3)cc1. The van der Waals surface area contributed by atoms with Crippen LogP contribution in [0, 0.1) is 11.8 Å². The van der Waals surface area contributed by atoms with E-state index >= 15 is 0 Å². The molecule has 0 aliphatic heterocycles. The lowest BCUT2D eigenvalue weighted by Gasteiger charge is -2.20. The lowest BCUT2D eigenvalue weighted by atomic mass is 9.98. The zero-order chi connectivity index (χ0) is 15.5. The monoisotopic (exact) mass is 300 g/mol. The standard InChI is InChI=1S/C18H20O4/c1-21-18(20)14-6-2-12(3-7-14)5-9-17(19)22-16-11-13-4-8-15(16)10-13/h2-3,5-7,9,13,15-16H,4,8,10-11H2,1H3/b9-5+. The van der Waals surface area contributed by atoms with Crippen LogP contribution in [0.5, 0.6) is 0 Å². The first-order valence-corrected chi connectivity index (χ1v) is 7.73. The van der Waals surface area contributed by atoms with E-state index in [0.717, 1.165) is 17.9 Å². The third-order valence-electron chi connectivity index (χ3n) is 4.68. The summed E-state index contributed by atoms with van der Waals surface area (Å²) in [5, 5.41) is 0. The van der Waals surface area contributed by atoms with Crippen LogP contribution >= 0.6 is 0 Å². The lowest BCUT2D eigenvalue weighted by Crippen LogP contribution is -2.22. The summed E-state index contributed by atoms with van der Waals surface area (Å²) in [6.07, 6.45) is 8.00. The minimum atomic E-state index is -0.369. The molecule has 3 rings (SSSR count). The van der Waals surface area contributed by atoms with Gasteiger partial charge < -0.3 is 9.47 Å². The molecule has 4 heteroatoms. The molecule has 2 aliphatic rings. The van der Waals surface area contributed by atoms with E-state index in [9.17, 15) is 9.59 Å². The van der Waals surface area contributed by atoms with Gasteiger partial charge in [0, 0.05) is 6.08 Å². The summed E-state index contributed by atoms with van der Waals surface area (Å²) >= 11 is 0. The quantitative estimate of drug-likeness (QED) is 0.633. The zero-order valence-electron chi connectivity index (χ0n) is 12.7. The van der Waals surface area contributed by atoms with Crippen molar-refractivity contribution < 1.29 is 19.1 Å². The van der Waals surface area contributed by atoms with E-state index in [2.05, 4.69) is 4.74 Å². The number of ether oxygens (including phenoxy) is 2. The summed E-state index contributed by atoms with van der Waals surface area (Å²) in [6, 6.07) is 6.89. The van der Waals surface area contributed by atoms with Gasteiger partial charge in [-0.15, -0.1) is 0 Å². The van der Waals surface area contributed by atoms with Gasteiger partial charge in [0.1, 0.15) is 6.10 Å². The van der Waals surface area contributed by atoms with Gasteiger partial charge in [-0.1, -0.05) is 12.1 Å². The molecule has 2 fully saturated rings. The average Bonchev–Trinajstić information content (AvgIpc) is 3.15. The van der Waals surface area contributed by atoms with Crippen LogP contribution < -0.4 is 0 Å². The number of esters is 2. The Hall–Kier alpha value is -2.10. The predicted octanol–water partition coefficient (Wildman–Crippen LogP) is 3.22. The molecule has 0 saturated heterocycles. The number of fused-ring (bicyclic) bond motifs is 2. The summed E-state index contributed by atoms with van der Waals surface area (Å²) in [5.74, 6) is 0.681. The van der Waals surface area contributed by atoms with Gasteiger partial charge in [-0.05, 0) is 61.3 Å². The molecular formula is C18H20O4. The van der Waals surface area contributed by atoms with Crippen LogP contribution in [-0.4, -0.2) is 25.2 Å². The Morgan fingerprint density at radius 2 is 1.91 bits per heavy atom. The molecule has 4 nitrogen and oxygen atoms in total. The number of methoxy groups -OCH3 is 1. The second-order valence-electron chi connectivity index (χ2n) is 6.10. The lowest BCUT2D eigenvalue weighted by molar-refractivity contribution is -0.145. The van der Waals surface area contributed by atoms with E-state index in [-0.39, 0.29) is 18.0 Å². The normalized spacial score (nSPS) is 26.3. The number of benzene rings is 1. The molecule has 1 aromatic rings. The van der Waals surface area contributed by atoms with Crippen LogP contribution in [0.25, 0.3) is 6.08 Å². The zero-order valence-corrected chi connectivity index (χ0v) is 12.7. The summed E-state index contributed by atoms with van der Waals surface area (Å²) < 4.78 is 10.2. The highest BCUT2D eigenvalue weighted by molar-refractivity contribution is 5.90. The maximum absolute atomic E-state index is 11.9. The topological polar surface area (TPSA) is 52.6 Å². The molecule has 2 saturated carbocycles. The number of rotatable bonds is 4. The van der Waals surface area contributed by atoms with E-state index in [0.29, 0.717) is 11.5 Å². The minimum absolute atomic E-state index is 0.109. The van der Waals surface area contributed by atoms with Crippen LogP contribution in [0.3, 0.4) is 0 Å². The molecule has 3 atom stereocenters. The smallest absolute Gasteiger partial charge is 0.337 e. The molecule has 22 heavy (non-hydrogen) atoms. The van der Waals surface area contributed by atoms with Crippen LogP contribution in [0.15, 0.2) is 30.3 Å². The molecule has 1 aromatic carbocycles. The van der Waals surface area contributed by atoms with Gasteiger partial charge in [0.2, 0.25) is 0 Å². The second kappa shape index (κ2) is 6.34. The van der Waals surface area contributed by atoms with Gasteiger partial charge in [0.05, 0.1) is 12.7 Å². The largest absolute Gasteiger partial charge is 0.465 e. The number of hydrogen-bond donors (Lipinski definition) is 0. The third-order valence-corrected chi connectivity index (χ3v) is 4.68. The molecule has 0 aromatic heterocycles. The van der Waals surface area contributed by atoms with Gasteiger partial charge in [0.25, 0.3) is 0 Å². The third kappa shape index (κ3) is 3.21. The van der Waals surface area contributed by atoms with Crippen molar-refractivity contribution in [1.82, 2.24) is 0 Å². The fourth-order valence-electron chi connectivity index (χ4n) is 3.53. The Balaban J connectivity index is 1.54. The van der Waals surface area contributed by atoms with Crippen molar-refractivity contribution >= 4 is 18.0 Å². The molecule has 2 bridgehead atoms. The van der Waals surface area contributed by atoms with Crippen molar-refractivity contribution in [3.8, 4) is 0 Å². The maximum atomic E-state index is 11.9. The van der Waals surface area contributed by atoms with Crippen LogP contribution in [0.1, 0.15) is 41.6 Å². The van der Waals surface area contributed by atoms with Gasteiger partial charge in [-0.2, -0.15) is 0 Å². The molecule has 2 aliphatic carbocycles. The number of carbonyl (C=O) groups is 2. The summed E-state index contributed by atoms with van der Waals surface area (Å²) in [7, 11) is 1.35. The van der Waals surface area contributed by atoms with Crippen molar-refractivity contribution in [2.75, 3.05) is 7.11 Å². The Bertz CT molecular complexity index is 588. The van der Waals surface area contributed by atoms with E-state index in [1.54, 1.807) is 30.3 Å². The number of hydrogen-bond acceptors (Lipinski definition) is 4. The maximum Gasteiger partial charge on any atom is 0.337 e. The van der Waals surface area contributed by atoms with Crippen LogP contribution in [0.4, 0.5) is 0 Å². The molecule has 0 spiro atoms. The fourth-order valence-corrected chi connectivity index (χ4v) is 3.53.